The molecule has 1 unspecified atom stereocenters. The van der Waals surface area contributed by atoms with E-state index in [1.54, 1.807) is 0 Å². The molecule has 0 amide bonds. The van der Waals surface area contributed by atoms with E-state index >= 15 is 0 Å². The van der Waals surface area contributed by atoms with E-state index in [1.807, 2.05) is 0 Å². The van der Waals surface area contributed by atoms with Crippen LogP contribution in [0.5, 0.6) is 5.75 Å². The van der Waals surface area contributed by atoms with Gasteiger partial charge in [0.2, 0.25) is 0 Å². The molecule has 0 radical (unpaired) electrons. The van der Waals surface area contributed by atoms with Crippen LogP contribution in [0.3, 0.4) is 0 Å². The molecule has 0 fully saturated rings. The lowest BCUT2D eigenvalue weighted by molar-refractivity contribution is 0.309. The van der Waals surface area contributed by atoms with Crippen LogP contribution < -0.4 is 10.1 Å². The zero-order valence-corrected chi connectivity index (χ0v) is 14.4. The van der Waals surface area contributed by atoms with E-state index in [1.165, 1.54) is 41.3 Å². The molecule has 0 saturated heterocycles. The van der Waals surface area contributed by atoms with Crippen molar-refractivity contribution in [1.29, 1.82) is 0 Å². The second-order valence-corrected chi connectivity index (χ2v) is 6.60. The van der Waals surface area contributed by atoms with Crippen molar-refractivity contribution in [3.63, 3.8) is 0 Å². The molecule has 1 N–H and O–H groups in total. The molecule has 1 aliphatic heterocycles. The summed E-state index contributed by atoms with van der Waals surface area (Å²) in [5.41, 5.74) is 2.68. The highest BCUT2D eigenvalue weighted by Crippen LogP contribution is 2.40. The number of rotatable bonds is 7. The smallest absolute Gasteiger partial charge is 0.127 e. The summed E-state index contributed by atoms with van der Waals surface area (Å²) in [4.78, 5) is 0. The molecule has 1 heterocycles. The van der Waals surface area contributed by atoms with Crippen LogP contribution in [0.15, 0.2) is 16.6 Å². The van der Waals surface area contributed by atoms with Crippen molar-refractivity contribution in [2.75, 3.05) is 13.7 Å². The topological polar surface area (TPSA) is 21.3 Å². The molecule has 0 saturated carbocycles. The van der Waals surface area contributed by atoms with Gasteiger partial charge in [-0.25, -0.2) is 0 Å². The van der Waals surface area contributed by atoms with Gasteiger partial charge in [-0.15, -0.1) is 0 Å². The van der Waals surface area contributed by atoms with Crippen LogP contribution >= 0.6 is 15.9 Å². The lowest BCUT2D eigenvalue weighted by Crippen LogP contribution is -2.26. The minimum absolute atomic E-state index is 0.388. The van der Waals surface area contributed by atoms with Crippen LogP contribution in [0.25, 0.3) is 0 Å². The number of ether oxygens (including phenoxy) is 1. The second-order valence-electron chi connectivity index (χ2n) is 5.69. The highest BCUT2D eigenvalue weighted by atomic mass is 79.9. The summed E-state index contributed by atoms with van der Waals surface area (Å²) in [5, 5.41) is 3.54. The maximum Gasteiger partial charge on any atom is 0.127 e. The monoisotopic (exact) mass is 339 g/mol. The zero-order chi connectivity index (χ0) is 14.5. The van der Waals surface area contributed by atoms with Crippen molar-refractivity contribution in [1.82, 2.24) is 5.32 Å². The van der Waals surface area contributed by atoms with Crippen molar-refractivity contribution < 1.29 is 4.74 Å². The van der Waals surface area contributed by atoms with Gasteiger partial charge in [-0.2, -0.15) is 0 Å². The normalized spacial score (nSPS) is 15.2. The lowest BCUT2D eigenvalue weighted by atomic mass is 9.85. The van der Waals surface area contributed by atoms with Gasteiger partial charge in [0.25, 0.3) is 0 Å². The largest absolute Gasteiger partial charge is 0.493 e. The summed E-state index contributed by atoms with van der Waals surface area (Å²) < 4.78 is 7.08. The van der Waals surface area contributed by atoms with E-state index in [-0.39, 0.29) is 0 Å². The van der Waals surface area contributed by atoms with Gasteiger partial charge >= 0.3 is 0 Å². The minimum atomic E-state index is 0.388. The molecule has 3 heteroatoms. The molecule has 1 aliphatic rings. The number of halogens is 1. The third kappa shape index (κ3) is 3.37. The standard InChI is InChI=1S/C17H26BrNO/c1-4-6-12(7-5-2)16(19-3)15-11-14(18)10-13-8-9-20-17(13)15/h10-12,16,19H,4-9H2,1-3H3. The van der Waals surface area contributed by atoms with Gasteiger partial charge in [-0.1, -0.05) is 42.6 Å². The molecular weight excluding hydrogens is 314 g/mol. The van der Waals surface area contributed by atoms with Gasteiger partial charge in [0, 0.05) is 22.5 Å². The van der Waals surface area contributed by atoms with Gasteiger partial charge in [0.05, 0.1) is 6.61 Å². The molecule has 2 rings (SSSR count). The van der Waals surface area contributed by atoms with Crippen LogP contribution in [0.1, 0.15) is 56.7 Å². The second kappa shape index (κ2) is 7.46. The first-order chi connectivity index (χ1) is 9.71. The van der Waals surface area contributed by atoms with Gasteiger partial charge in [0.15, 0.2) is 0 Å². The Bertz CT molecular complexity index is 441. The summed E-state index contributed by atoms with van der Waals surface area (Å²) in [5.74, 6) is 1.81. The highest BCUT2D eigenvalue weighted by molar-refractivity contribution is 9.10. The summed E-state index contributed by atoms with van der Waals surface area (Å²) in [6.07, 6.45) is 6.03. The summed E-state index contributed by atoms with van der Waals surface area (Å²) in [7, 11) is 2.07. The van der Waals surface area contributed by atoms with Crippen LogP contribution in [0.4, 0.5) is 0 Å². The van der Waals surface area contributed by atoms with Crippen molar-refractivity contribution in [3.05, 3.63) is 27.7 Å². The van der Waals surface area contributed by atoms with Crippen molar-refractivity contribution in [2.24, 2.45) is 5.92 Å². The quantitative estimate of drug-likeness (QED) is 0.765. The van der Waals surface area contributed by atoms with Crippen LogP contribution in [-0.2, 0) is 6.42 Å². The van der Waals surface area contributed by atoms with E-state index in [2.05, 4.69) is 54.3 Å². The Morgan fingerprint density at radius 1 is 1.25 bits per heavy atom. The average Bonchev–Trinajstić information content (AvgIpc) is 2.88. The molecule has 1 atom stereocenters. The van der Waals surface area contributed by atoms with Crippen LogP contribution in [0.2, 0.25) is 0 Å². The number of benzene rings is 1. The van der Waals surface area contributed by atoms with Crippen molar-refractivity contribution in [3.8, 4) is 5.75 Å². The molecule has 1 aromatic rings. The molecule has 112 valence electrons. The average molecular weight is 340 g/mol. The Kier molecular flexibility index (Phi) is 5.91. The summed E-state index contributed by atoms with van der Waals surface area (Å²) in [6, 6.07) is 4.83. The molecule has 0 aliphatic carbocycles. The van der Waals surface area contributed by atoms with Gasteiger partial charge < -0.3 is 10.1 Å². The predicted octanol–water partition coefficient (Wildman–Crippen LogP) is 4.86. The molecule has 2 nitrogen and oxygen atoms in total. The zero-order valence-electron chi connectivity index (χ0n) is 12.8. The Labute approximate surface area is 131 Å². The Morgan fingerprint density at radius 3 is 2.55 bits per heavy atom. The van der Waals surface area contributed by atoms with Gasteiger partial charge in [0.1, 0.15) is 5.75 Å². The van der Waals surface area contributed by atoms with E-state index in [0.717, 1.165) is 18.8 Å². The lowest BCUT2D eigenvalue weighted by Gasteiger charge is -2.28. The van der Waals surface area contributed by atoms with Crippen LogP contribution in [-0.4, -0.2) is 13.7 Å². The number of hydrogen-bond donors (Lipinski definition) is 1. The van der Waals surface area contributed by atoms with Gasteiger partial charge in [-0.05, 0) is 43.5 Å². The summed E-state index contributed by atoms with van der Waals surface area (Å²) in [6.45, 7) is 5.37. The molecule has 0 spiro atoms. The van der Waals surface area contributed by atoms with E-state index in [0.29, 0.717) is 12.0 Å². The minimum Gasteiger partial charge on any atom is -0.493 e. The Balaban J connectivity index is 2.35. The highest BCUT2D eigenvalue weighted by Gasteiger charge is 2.27. The van der Waals surface area contributed by atoms with E-state index in [4.69, 9.17) is 4.74 Å². The van der Waals surface area contributed by atoms with E-state index < -0.39 is 0 Å². The fourth-order valence-corrected chi connectivity index (χ4v) is 3.92. The number of fused-ring (bicyclic) bond motifs is 1. The summed E-state index contributed by atoms with van der Waals surface area (Å²) >= 11 is 3.66. The maximum absolute atomic E-state index is 5.91. The molecule has 1 aromatic carbocycles. The Hall–Kier alpha value is -0.540. The number of nitrogens with one attached hydrogen (secondary N) is 1. The third-order valence-corrected chi connectivity index (χ3v) is 4.67. The predicted molar refractivity (Wildman–Crippen MR) is 88.4 cm³/mol. The Morgan fingerprint density at radius 2 is 1.95 bits per heavy atom. The first-order valence-corrected chi connectivity index (χ1v) is 8.62. The van der Waals surface area contributed by atoms with Crippen molar-refractivity contribution >= 4 is 15.9 Å². The SMILES string of the molecule is CCCC(CCC)C(NC)c1cc(Br)cc2c1OCC2. The molecular formula is C17H26BrNO. The fourth-order valence-electron chi connectivity index (χ4n) is 3.39. The first kappa shape index (κ1) is 15.8. The van der Waals surface area contributed by atoms with Gasteiger partial charge in [-0.3, -0.25) is 0 Å². The molecule has 0 aromatic heterocycles. The molecule has 20 heavy (non-hydrogen) atoms. The fraction of sp³-hybridized carbons (Fsp3) is 0.647. The van der Waals surface area contributed by atoms with Crippen molar-refractivity contribution in [2.45, 2.75) is 52.0 Å². The van der Waals surface area contributed by atoms with Crippen LogP contribution in [0, 0.1) is 5.92 Å². The van der Waals surface area contributed by atoms with E-state index in [9.17, 15) is 0 Å². The molecule has 0 bridgehead atoms. The third-order valence-electron chi connectivity index (χ3n) is 4.21. The number of hydrogen-bond acceptors (Lipinski definition) is 2. The maximum atomic E-state index is 5.91. The first-order valence-electron chi connectivity index (χ1n) is 7.83.